The summed E-state index contributed by atoms with van der Waals surface area (Å²) in [5, 5.41) is 14.0. The van der Waals surface area contributed by atoms with Crippen LogP contribution in [0, 0.1) is 6.92 Å². The minimum absolute atomic E-state index is 0.732. The summed E-state index contributed by atoms with van der Waals surface area (Å²) in [6.45, 7) is 2.06. The second-order valence-corrected chi connectivity index (χ2v) is 8.89. The molecule has 0 unspecified atom stereocenters. The van der Waals surface area contributed by atoms with E-state index < -0.39 is 0 Å². The third-order valence-corrected chi connectivity index (χ3v) is 6.06. The van der Waals surface area contributed by atoms with Crippen LogP contribution in [-0.4, -0.2) is 19.8 Å². The fraction of sp³-hybridized carbons (Fsp3) is 0.0417. The molecule has 0 bridgehead atoms. The first-order valence-electron chi connectivity index (χ1n) is 9.65. The lowest BCUT2D eigenvalue weighted by atomic mass is 10.2. The van der Waals surface area contributed by atoms with Crippen molar-refractivity contribution in [3.63, 3.8) is 0 Å². The van der Waals surface area contributed by atoms with Crippen LogP contribution in [0.4, 0.5) is 0 Å². The van der Waals surface area contributed by atoms with E-state index in [-0.39, 0.29) is 0 Å². The zero-order valence-corrected chi connectivity index (χ0v) is 19.0. The fourth-order valence-electron chi connectivity index (χ4n) is 3.03. The minimum Gasteiger partial charge on any atom is -0.457 e. The topological polar surface area (TPSA) is 52.3 Å². The zero-order chi connectivity index (χ0) is 21.2. The number of nitrogens with zero attached hydrogens (tertiary/aromatic N) is 4. The first-order chi connectivity index (χ1) is 15.1. The van der Waals surface area contributed by atoms with E-state index in [4.69, 9.17) is 4.74 Å². The van der Waals surface area contributed by atoms with Crippen LogP contribution in [0.1, 0.15) is 16.1 Å². The number of hydrogen-bond donors (Lipinski definition) is 0. The van der Waals surface area contributed by atoms with Gasteiger partial charge in [0.2, 0.25) is 4.96 Å². The van der Waals surface area contributed by atoms with Gasteiger partial charge in [-0.3, -0.25) is 0 Å². The predicted octanol–water partition coefficient (Wildman–Crippen LogP) is 6.89. The average molecular weight is 489 g/mol. The molecular formula is C24H17BrN4OS. The molecule has 0 radical (unpaired) electrons. The lowest BCUT2D eigenvalue weighted by Crippen LogP contribution is -1.90. The van der Waals surface area contributed by atoms with Crippen molar-refractivity contribution in [2.45, 2.75) is 6.92 Å². The SMILES string of the molecule is Cc1ccc(Oc2ccc(/C=C/c3nn4c(-c5ccc(Br)cc5)nnc4s3)cc2)cc1. The van der Waals surface area contributed by atoms with Crippen LogP contribution in [0.25, 0.3) is 28.5 Å². The summed E-state index contributed by atoms with van der Waals surface area (Å²) in [6, 6.07) is 23.9. The monoisotopic (exact) mass is 488 g/mol. The fourth-order valence-corrected chi connectivity index (χ4v) is 4.04. The van der Waals surface area contributed by atoms with Gasteiger partial charge in [0, 0.05) is 10.0 Å². The third kappa shape index (κ3) is 4.42. The van der Waals surface area contributed by atoms with Gasteiger partial charge in [-0.25, -0.2) is 0 Å². The summed E-state index contributed by atoms with van der Waals surface area (Å²) in [7, 11) is 0. The van der Waals surface area contributed by atoms with Gasteiger partial charge in [0.25, 0.3) is 0 Å². The van der Waals surface area contributed by atoms with E-state index in [2.05, 4.69) is 38.1 Å². The smallest absolute Gasteiger partial charge is 0.235 e. The molecule has 0 saturated heterocycles. The Bertz CT molecular complexity index is 1350. The molecule has 152 valence electrons. The van der Waals surface area contributed by atoms with Crippen LogP contribution in [0.2, 0.25) is 0 Å². The number of benzene rings is 3. The lowest BCUT2D eigenvalue weighted by Gasteiger charge is -2.06. The molecule has 0 saturated carbocycles. The van der Waals surface area contributed by atoms with E-state index in [1.165, 1.54) is 16.9 Å². The number of aryl methyl sites for hydroxylation is 1. The molecule has 5 rings (SSSR count). The molecular weight excluding hydrogens is 472 g/mol. The zero-order valence-electron chi connectivity index (χ0n) is 16.6. The molecule has 2 aromatic heterocycles. The molecule has 0 atom stereocenters. The van der Waals surface area contributed by atoms with Crippen molar-refractivity contribution in [2.24, 2.45) is 0 Å². The van der Waals surface area contributed by atoms with Crippen molar-refractivity contribution in [3.05, 3.63) is 93.4 Å². The highest BCUT2D eigenvalue weighted by Gasteiger charge is 2.12. The van der Waals surface area contributed by atoms with Gasteiger partial charge in [-0.05, 0) is 55.0 Å². The minimum atomic E-state index is 0.732. The van der Waals surface area contributed by atoms with Crippen molar-refractivity contribution >= 4 is 44.4 Å². The standard InChI is InChI=1S/C24H17BrN4OS/c1-16-2-11-20(12-3-16)30-21-13-4-17(5-14-21)6-15-22-28-29-23(26-27-24(29)31-22)18-7-9-19(25)10-8-18/h2-15H,1H3/b15-6+. The Morgan fingerprint density at radius 3 is 2.23 bits per heavy atom. The number of hydrogen-bond acceptors (Lipinski definition) is 5. The van der Waals surface area contributed by atoms with Crippen molar-refractivity contribution < 1.29 is 4.74 Å². The number of aromatic nitrogens is 4. The van der Waals surface area contributed by atoms with Crippen molar-refractivity contribution in [2.75, 3.05) is 0 Å². The van der Waals surface area contributed by atoms with Gasteiger partial charge in [-0.1, -0.05) is 75.3 Å². The molecule has 31 heavy (non-hydrogen) atoms. The average Bonchev–Trinajstić information content (AvgIpc) is 3.36. The van der Waals surface area contributed by atoms with Crippen LogP contribution >= 0.6 is 27.3 Å². The van der Waals surface area contributed by atoms with Crippen LogP contribution < -0.4 is 4.74 Å². The van der Waals surface area contributed by atoms with Gasteiger partial charge in [0.15, 0.2) is 5.82 Å². The Labute approximate surface area is 191 Å². The summed E-state index contributed by atoms with van der Waals surface area (Å²) in [4.78, 5) is 0.763. The van der Waals surface area contributed by atoms with Crippen molar-refractivity contribution in [1.82, 2.24) is 19.8 Å². The summed E-state index contributed by atoms with van der Waals surface area (Å²) >= 11 is 4.95. The Hall–Kier alpha value is -3.29. The maximum Gasteiger partial charge on any atom is 0.235 e. The first-order valence-corrected chi connectivity index (χ1v) is 11.3. The van der Waals surface area contributed by atoms with Crippen molar-refractivity contribution in [1.29, 1.82) is 0 Å². The molecule has 2 heterocycles. The quantitative estimate of drug-likeness (QED) is 0.270. The van der Waals surface area contributed by atoms with Crippen LogP contribution in [-0.2, 0) is 0 Å². The second-order valence-electron chi connectivity index (χ2n) is 6.98. The van der Waals surface area contributed by atoms with Gasteiger partial charge in [0.1, 0.15) is 16.5 Å². The molecule has 0 aliphatic rings. The lowest BCUT2D eigenvalue weighted by molar-refractivity contribution is 0.482. The second kappa shape index (κ2) is 8.45. The molecule has 0 aliphatic heterocycles. The maximum absolute atomic E-state index is 5.89. The number of halogens is 1. The maximum atomic E-state index is 5.89. The van der Waals surface area contributed by atoms with E-state index in [0.717, 1.165) is 42.9 Å². The molecule has 0 spiro atoms. The molecule has 0 amide bonds. The molecule has 7 heteroatoms. The summed E-state index contributed by atoms with van der Waals surface area (Å²) in [5.41, 5.74) is 3.25. The number of ether oxygens (including phenoxy) is 1. The van der Waals surface area contributed by atoms with Gasteiger partial charge in [-0.15, -0.1) is 10.2 Å². The Morgan fingerprint density at radius 2 is 1.52 bits per heavy atom. The van der Waals surface area contributed by atoms with Gasteiger partial charge in [0.05, 0.1) is 0 Å². The molecule has 0 aliphatic carbocycles. The van der Waals surface area contributed by atoms with Crippen LogP contribution in [0.3, 0.4) is 0 Å². The normalized spacial score (nSPS) is 11.4. The number of rotatable bonds is 5. The highest BCUT2D eigenvalue weighted by molar-refractivity contribution is 9.10. The highest BCUT2D eigenvalue weighted by atomic mass is 79.9. The summed E-state index contributed by atoms with van der Waals surface area (Å²) < 4.78 is 8.69. The van der Waals surface area contributed by atoms with E-state index in [1.807, 2.05) is 84.9 Å². The van der Waals surface area contributed by atoms with Crippen LogP contribution in [0.5, 0.6) is 11.5 Å². The first kappa shape index (κ1) is 19.7. The van der Waals surface area contributed by atoms with Crippen molar-refractivity contribution in [3.8, 4) is 22.9 Å². The molecule has 0 N–H and O–H groups in total. The molecule has 3 aromatic carbocycles. The molecule has 5 aromatic rings. The highest BCUT2D eigenvalue weighted by Crippen LogP contribution is 2.25. The largest absolute Gasteiger partial charge is 0.457 e. The predicted molar refractivity (Wildman–Crippen MR) is 128 cm³/mol. The van der Waals surface area contributed by atoms with Crippen LogP contribution in [0.15, 0.2) is 77.3 Å². The van der Waals surface area contributed by atoms with Gasteiger partial charge >= 0.3 is 0 Å². The molecule has 5 nitrogen and oxygen atoms in total. The molecule has 0 fully saturated rings. The van der Waals surface area contributed by atoms with E-state index >= 15 is 0 Å². The Kier molecular flexibility index (Phi) is 5.36. The Morgan fingerprint density at radius 1 is 0.839 bits per heavy atom. The summed E-state index contributed by atoms with van der Waals surface area (Å²) in [5.74, 6) is 2.37. The summed E-state index contributed by atoms with van der Waals surface area (Å²) in [6.07, 6.45) is 4.02. The van der Waals surface area contributed by atoms with E-state index in [0.29, 0.717) is 0 Å². The van der Waals surface area contributed by atoms with Gasteiger partial charge in [-0.2, -0.15) is 9.61 Å². The van der Waals surface area contributed by atoms with E-state index in [1.54, 1.807) is 4.52 Å². The van der Waals surface area contributed by atoms with E-state index in [9.17, 15) is 0 Å². The van der Waals surface area contributed by atoms with Gasteiger partial charge < -0.3 is 4.74 Å². The third-order valence-electron chi connectivity index (χ3n) is 4.66. The Balaban J connectivity index is 1.32. The number of fused-ring (bicyclic) bond motifs is 1.